The highest BCUT2D eigenvalue weighted by Gasteiger charge is 2.75. The molecule has 0 aromatic carbocycles. The quantitative estimate of drug-likeness (QED) is 0.690. The molecular weight excluding hydrogens is 233 g/mol. The summed E-state index contributed by atoms with van der Waals surface area (Å²) in [6, 6.07) is 0. The van der Waals surface area contributed by atoms with E-state index in [2.05, 4.69) is 4.74 Å². The van der Waals surface area contributed by atoms with E-state index in [1.807, 2.05) is 0 Å². The van der Waals surface area contributed by atoms with Crippen molar-refractivity contribution in [3.63, 3.8) is 0 Å². The summed E-state index contributed by atoms with van der Waals surface area (Å²) in [6.45, 7) is -0.534. The highest BCUT2D eigenvalue weighted by molar-refractivity contribution is 5.03. The Morgan fingerprint density at radius 1 is 0.800 bits per heavy atom. The fourth-order valence-electron chi connectivity index (χ4n) is 0.965. The minimum Gasteiger partial charge on any atom is -0.342 e. The maximum absolute atomic E-state index is 13.2. The molecule has 0 aliphatic heterocycles. The largest absolute Gasteiger partial charge is 0.428 e. The zero-order chi connectivity index (χ0) is 12.7. The summed E-state index contributed by atoms with van der Waals surface area (Å²) in [5, 5.41) is 0. The molecular formula is C7H9F7O. The molecule has 0 aromatic rings. The van der Waals surface area contributed by atoms with Crippen molar-refractivity contribution in [3.05, 3.63) is 0 Å². The maximum Gasteiger partial charge on any atom is 0.428 e. The Bertz CT molecular complexity index is 228. The van der Waals surface area contributed by atoms with E-state index in [1.54, 1.807) is 0 Å². The lowest BCUT2D eigenvalue weighted by molar-refractivity contribution is -0.376. The third kappa shape index (κ3) is 2.04. The average molecular weight is 242 g/mol. The Hall–Kier alpha value is -0.530. The topological polar surface area (TPSA) is 9.23 Å². The van der Waals surface area contributed by atoms with Crippen molar-refractivity contribution >= 4 is 0 Å². The predicted molar refractivity (Wildman–Crippen MR) is 37.0 cm³/mol. The van der Waals surface area contributed by atoms with E-state index in [9.17, 15) is 30.7 Å². The first kappa shape index (κ1) is 14.5. The molecule has 2 atom stereocenters. The first-order valence-corrected chi connectivity index (χ1v) is 3.69. The molecule has 0 saturated carbocycles. The van der Waals surface area contributed by atoms with Gasteiger partial charge in [0.15, 0.2) is 0 Å². The summed E-state index contributed by atoms with van der Waals surface area (Å²) in [6.07, 6.45) is -5.81. The van der Waals surface area contributed by atoms with Gasteiger partial charge in [-0.15, -0.1) is 0 Å². The lowest BCUT2D eigenvalue weighted by Gasteiger charge is -2.39. The van der Waals surface area contributed by atoms with E-state index in [1.165, 1.54) is 0 Å². The van der Waals surface area contributed by atoms with Gasteiger partial charge in [0, 0.05) is 14.0 Å². The van der Waals surface area contributed by atoms with Crippen LogP contribution in [0.4, 0.5) is 30.7 Å². The number of halogens is 7. The molecule has 0 heterocycles. The summed E-state index contributed by atoms with van der Waals surface area (Å²) < 4.78 is 90.8. The Morgan fingerprint density at radius 2 is 1.13 bits per heavy atom. The standard InChI is InChI=1S/C7H9F7O/c1-4(8,7(12,13)14)6(11,15-3)5(2,9)10/h1-3H3. The SMILES string of the molecule is COC(F)(C(C)(F)F)C(C)(F)C(F)(F)F. The smallest absolute Gasteiger partial charge is 0.342 e. The van der Waals surface area contributed by atoms with Gasteiger partial charge in [-0.1, -0.05) is 0 Å². The van der Waals surface area contributed by atoms with Crippen LogP contribution in [-0.4, -0.2) is 30.7 Å². The van der Waals surface area contributed by atoms with Crippen molar-refractivity contribution in [2.45, 2.75) is 37.5 Å². The molecule has 0 N–H and O–H groups in total. The number of hydrogen-bond donors (Lipinski definition) is 0. The molecule has 0 saturated heterocycles. The molecule has 2 unspecified atom stereocenters. The molecule has 0 bridgehead atoms. The fourth-order valence-corrected chi connectivity index (χ4v) is 0.965. The molecule has 1 nitrogen and oxygen atoms in total. The van der Waals surface area contributed by atoms with E-state index < -0.39 is 23.6 Å². The Kier molecular flexibility index (Phi) is 3.37. The lowest BCUT2D eigenvalue weighted by Crippen LogP contribution is -2.64. The predicted octanol–water partition coefficient (Wildman–Crippen LogP) is 3.24. The van der Waals surface area contributed by atoms with Crippen LogP contribution in [0.15, 0.2) is 0 Å². The van der Waals surface area contributed by atoms with Gasteiger partial charge in [-0.25, -0.2) is 17.6 Å². The summed E-state index contributed by atoms with van der Waals surface area (Å²) in [5.74, 6) is -9.40. The van der Waals surface area contributed by atoms with Crippen LogP contribution in [0.1, 0.15) is 13.8 Å². The van der Waals surface area contributed by atoms with E-state index in [0.29, 0.717) is 0 Å². The fraction of sp³-hybridized carbons (Fsp3) is 1.00. The minimum atomic E-state index is -5.81. The molecule has 0 aromatic heterocycles. The summed E-state index contributed by atoms with van der Waals surface area (Å²) in [5.41, 5.74) is -4.81. The van der Waals surface area contributed by atoms with E-state index in [0.717, 1.165) is 0 Å². The number of alkyl halides is 7. The molecule has 15 heavy (non-hydrogen) atoms. The first-order valence-electron chi connectivity index (χ1n) is 3.69. The minimum absolute atomic E-state index is 0.194. The summed E-state index contributed by atoms with van der Waals surface area (Å²) in [7, 11) is 0.237. The Morgan fingerprint density at radius 3 is 1.20 bits per heavy atom. The number of methoxy groups -OCH3 is 1. The maximum atomic E-state index is 13.2. The molecule has 0 amide bonds. The molecule has 0 radical (unpaired) electrons. The van der Waals surface area contributed by atoms with E-state index in [-0.39, 0.29) is 21.0 Å². The zero-order valence-electron chi connectivity index (χ0n) is 8.05. The van der Waals surface area contributed by atoms with Crippen LogP contribution >= 0.6 is 0 Å². The molecule has 92 valence electrons. The van der Waals surface area contributed by atoms with Crippen molar-refractivity contribution in [1.29, 1.82) is 0 Å². The van der Waals surface area contributed by atoms with Gasteiger partial charge >= 0.3 is 18.0 Å². The van der Waals surface area contributed by atoms with Crippen LogP contribution in [0.2, 0.25) is 0 Å². The van der Waals surface area contributed by atoms with Crippen LogP contribution in [0.5, 0.6) is 0 Å². The van der Waals surface area contributed by atoms with Crippen LogP contribution in [-0.2, 0) is 4.74 Å². The van der Waals surface area contributed by atoms with E-state index in [4.69, 9.17) is 0 Å². The van der Waals surface area contributed by atoms with Crippen molar-refractivity contribution in [2.24, 2.45) is 0 Å². The van der Waals surface area contributed by atoms with Crippen molar-refractivity contribution < 1.29 is 35.5 Å². The summed E-state index contributed by atoms with van der Waals surface area (Å²) >= 11 is 0. The van der Waals surface area contributed by atoms with Gasteiger partial charge in [0.2, 0.25) is 0 Å². The van der Waals surface area contributed by atoms with Crippen LogP contribution in [0.25, 0.3) is 0 Å². The first-order chi connectivity index (χ1) is 6.31. The third-order valence-corrected chi connectivity index (χ3v) is 1.98. The number of ether oxygens (including phenoxy) is 1. The monoisotopic (exact) mass is 242 g/mol. The number of rotatable bonds is 3. The molecule has 0 aliphatic rings. The normalized spacial score (nSPS) is 22.0. The second-order valence-corrected chi connectivity index (χ2v) is 3.19. The van der Waals surface area contributed by atoms with Crippen molar-refractivity contribution in [3.8, 4) is 0 Å². The lowest BCUT2D eigenvalue weighted by atomic mass is 9.93. The van der Waals surface area contributed by atoms with Crippen LogP contribution in [0, 0.1) is 0 Å². The van der Waals surface area contributed by atoms with E-state index >= 15 is 0 Å². The van der Waals surface area contributed by atoms with Gasteiger partial charge in [0.1, 0.15) is 0 Å². The molecule has 0 aliphatic carbocycles. The van der Waals surface area contributed by atoms with Gasteiger partial charge in [-0.2, -0.15) is 13.2 Å². The molecule has 0 fully saturated rings. The highest BCUT2D eigenvalue weighted by Crippen LogP contribution is 2.50. The second-order valence-electron chi connectivity index (χ2n) is 3.19. The zero-order valence-corrected chi connectivity index (χ0v) is 8.05. The van der Waals surface area contributed by atoms with Crippen LogP contribution < -0.4 is 0 Å². The molecule has 0 spiro atoms. The average Bonchev–Trinajstić information content (AvgIpc) is 1.98. The van der Waals surface area contributed by atoms with Gasteiger partial charge in [0.05, 0.1) is 0 Å². The Balaban J connectivity index is 5.50. The molecule has 8 heteroatoms. The summed E-state index contributed by atoms with van der Waals surface area (Å²) in [4.78, 5) is 0. The third-order valence-electron chi connectivity index (χ3n) is 1.98. The van der Waals surface area contributed by atoms with Crippen molar-refractivity contribution in [1.82, 2.24) is 0 Å². The Labute approximate surface area is 81.2 Å². The van der Waals surface area contributed by atoms with Crippen molar-refractivity contribution in [2.75, 3.05) is 7.11 Å². The van der Waals surface area contributed by atoms with Gasteiger partial charge in [-0.3, -0.25) is 0 Å². The molecule has 0 rings (SSSR count). The highest BCUT2D eigenvalue weighted by atomic mass is 19.4. The second kappa shape index (κ2) is 3.50. The van der Waals surface area contributed by atoms with Gasteiger partial charge in [0.25, 0.3) is 5.67 Å². The van der Waals surface area contributed by atoms with Gasteiger partial charge < -0.3 is 4.74 Å². The number of hydrogen-bond acceptors (Lipinski definition) is 1. The van der Waals surface area contributed by atoms with Gasteiger partial charge in [-0.05, 0) is 6.92 Å². The van der Waals surface area contributed by atoms with Crippen LogP contribution in [0.3, 0.4) is 0 Å².